The molecule has 0 bridgehead atoms. The van der Waals surface area contributed by atoms with Crippen molar-refractivity contribution in [2.24, 2.45) is 9.98 Å². The predicted molar refractivity (Wildman–Crippen MR) is 57.4 cm³/mol. The molecule has 0 heterocycles. The summed E-state index contributed by atoms with van der Waals surface area (Å²) in [7, 11) is 0. The van der Waals surface area contributed by atoms with Gasteiger partial charge in [0, 0.05) is 13.2 Å². The molecule has 0 amide bonds. The molecule has 0 rings (SSSR count). The van der Waals surface area contributed by atoms with E-state index in [0.717, 1.165) is 26.1 Å². The van der Waals surface area contributed by atoms with Crippen molar-refractivity contribution in [3.05, 3.63) is 0 Å². The van der Waals surface area contributed by atoms with Crippen LogP contribution in [-0.4, -0.2) is 38.5 Å². The van der Waals surface area contributed by atoms with Crippen molar-refractivity contribution in [3.63, 3.8) is 0 Å². The van der Waals surface area contributed by atoms with E-state index in [4.69, 9.17) is 4.74 Å². The van der Waals surface area contributed by atoms with Crippen LogP contribution in [0.2, 0.25) is 0 Å². The molecule has 0 aromatic heterocycles. The highest BCUT2D eigenvalue weighted by Crippen LogP contribution is 1.88. The fraction of sp³-hybridized carbons (Fsp3) is 0.800. The van der Waals surface area contributed by atoms with E-state index in [9.17, 15) is 9.59 Å². The van der Waals surface area contributed by atoms with Crippen molar-refractivity contribution >= 4 is 12.2 Å². The molecule has 0 aliphatic carbocycles. The van der Waals surface area contributed by atoms with Gasteiger partial charge in [-0.3, -0.25) is 0 Å². The molecule has 0 aromatic rings. The van der Waals surface area contributed by atoms with Crippen molar-refractivity contribution in [2.75, 3.05) is 26.3 Å². The lowest BCUT2D eigenvalue weighted by atomic mass is 10.3. The highest BCUT2D eigenvalue weighted by molar-refractivity contribution is 5.33. The van der Waals surface area contributed by atoms with Crippen molar-refractivity contribution in [1.29, 1.82) is 0 Å². The maximum atomic E-state index is 9.52. The minimum Gasteiger partial charge on any atom is -0.382 e. The van der Waals surface area contributed by atoms with Crippen LogP contribution in [0, 0.1) is 0 Å². The van der Waals surface area contributed by atoms with Crippen LogP contribution < -0.4 is 0 Å². The van der Waals surface area contributed by atoms with E-state index in [0.29, 0.717) is 13.1 Å². The van der Waals surface area contributed by atoms with Gasteiger partial charge in [-0.05, 0) is 26.7 Å². The smallest absolute Gasteiger partial charge is 0.234 e. The van der Waals surface area contributed by atoms with Gasteiger partial charge in [-0.2, -0.15) is 0 Å². The van der Waals surface area contributed by atoms with Crippen LogP contribution in [-0.2, 0) is 14.3 Å². The number of isocyanates is 2. The molecule has 0 fully saturated rings. The quantitative estimate of drug-likeness (QED) is 0.366. The maximum Gasteiger partial charge on any atom is 0.234 e. The number of nitrogens with zero attached hydrogens (tertiary/aromatic N) is 2. The van der Waals surface area contributed by atoms with Gasteiger partial charge in [0.05, 0.1) is 13.1 Å². The third-order valence-electron chi connectivity index (χ3n) is 1.33. The molecule has 0 spiro atoms. The second-order valence-electron chi connectivity index (χ2n) is 2.43. The van der Waals surface area contributed by atoms with Crippen LogP contribution in [0.25, 0.3) is 0 Å². The van der Waals surface area contributed by atoms with Crippen molar-refractivity contribution < 1.29 is 14.3 Å². The summed E-state index contributed by atoms with van der Waals surface area (Å²) in [5.74, 6) is 0. The third kappa shape index (κ3) is 24.5. The second kappa shape index (κ2) is 18.5. The van der Waals surface area contributed by atoms with E-state index in [2.05, 4.69) is 9.98 Å². The maximum absolute atomic E-state index is 9.52. The summed E-state index contributed by atoms with van der Waals surface area (Å²) in [5.41, 5.74) is 0. The first-order chi connectivity index (χ1) is 7.33. The van der Waals surface area contributed by atoms with Crippen molar-refractivity contribution in [1.82, 2.24) is 0 Å². The molecular weight excluding hydrogens is 196 g/mol. The summed E-state index contributed by atoms with van der Waals surface area (Å²) in [6, 6.07) is 0. The molecule has 0 atom stereocenters. The minimum atomic E-state index is 0.470. The number of carbonyl (C=O) groups excluding carboxylic acids is 2. The number of aliphatic imine (C=N–C) groups is 2. The Balaban J connectivity index is 0. The molecule has 0 saturated carbocycles. The van der Waals surface area contributed by atoms with Gasteiger partial charge in [0.1, 0.15) is 0 Å². The summed E-state index contributed by atoms with van der Waals surface area (Å²) < 4.78 is 4.83. The molecule has 5 heteroatoms. The van der Waals surface area contributed by atoms with Gasteiger partial charge in [-0.25, -0.2) is 19.6 Å². The largest absolute Gasteiger partial charge is 0.382 e. The van der Waals surface area contributed by atoms with E-state index in [-0.39, 0.29) is 0 Å². The van der Waals surface area contributed by atoms with Crippen LogP contribution in [0.1, 0.15) is 26.7 Å². The molecule has 5 nitrogen and oxygen atoms in total. The molecule has 15 heavy (non-hydrogen) atoms. The van der Waals surface area contributed by atoms with Crippen LogP contribution in [0.3, 0.4) is 0 Å². The Hall–Kier alpha value is -1.28. The van der Waals surface area contributed by atoms with Gasteiger partial charge in [0.25, 0.3) is 0 Å². The monoisotopic (exact) mass is 214 g/mol. The number of ether oxygens (including phenoxy) is 1. The zero-order chi connectivity index (χ0) is 11.8. The number of hydrogen-bond acceptors (Lipinski definition) is 5. The Morgan fingerprint density at radius 2 is 1.33 bits per heavy atom. The summed E-state index contributed by atoms with van der Waals surface area (Å²) in [6.07, 6.45) is 4.38. The second-order valence-corrected chi connectivity index (χ2v) is 2.43. The standard InChI is InChI=1S/C6H8N2O2.C4H10O/c9-5-7-3-1-2-4-8-6-10;1-3-5-4-2/h1-4H2;3-4H2,1-2H3. The van der Waals surface area contributed by atoms with E-state index in [1.165, 1.54) is 12.2 Å². The number of hydrogen-bond donors (Lipinski definition) is 0. The van der Waals surface area contributed by atoms with Crippen molar-refractivity contribution in [2.45, 2.75) is 26.7 Å². The van der Waals surface area contributed by atoms with Crippen molar-refractivity contribution in [3.8, 4) is 0 Å². The normalized spacial score (nSPS) is 7.87. The van der Waals surface area contributed by atoms with Crippen LogP contribution in [0.15, 0.2) is 9.98 Å². The SMILES string of the molecule is CCOCC.O=C=NCCCCN=C=O. The zero-order valence-corrected chi connectivity index (χ0v) is 9.36. The first-order valence-electron chi connectivity index (χ1n) is 4.98. The molecule has 0 N–H and O–H groups in total. The first kappa shape index (κ1) is 16.2. The summed E-state index contributed by atoms with van der Waals surface area (Å²) >= 11 is 0. The Morgan fingerprint density at radius 3 is 1.53 bits per heavy atom. The molecule has 0 saturated heterocycles. The Kier molecular flexibility index (Phi) is 19.9. The van der Waals surface area contributed by atoms with Gasteiger partial charge in [0.2, 0.25) is 12.2 Å². The number of unbranched alkanes of at least 4 members (excludes halogenated alkanes) is 1. The molecular formula is C10H18N2O3. The summed E-state index contributed by atoms with van der Waals surface area (Å²) in [4.78, 5) is 25.7. The average Bonchev–Trinajstić information content (AvgIpc) is 2.25. The molecule has 0 radical (unpaired) electrons. The summed E-state index contributed by atoms with van der Waals surface area (Å²) in [5, 5.41) is 0. The Bertz CT molecular complexity index is 185. The van der Waals surface area contributed by atoms with Gasteiger partial charge in [-0.1, -0.05) is 0 Å². The summed E-state index contributed by atoms with van der Waals surface area (Å²) in [6.45, 7) is 6.61. The van der Waals surface area contributed by atoms with Crippen LogP contribution >= 0.6 is 0 Å². The van der Waals surface area contributed by atoms with Crippen LogP contribution in [0.4, 0.5) is 0 Å². The topological polar surface area (TPSA) is 68.1 Å². The van der Waals surface area contributed by atoms with E-state index < -0.39 is 0 Å². The van der Waals surface area contributed by atoms with Crippen LogP contribution in [0.5, 0.6) is 0 Å². The zero-order valence-electron chi connectivity index (χ0n) is 9.36. The number of rotatable bonds is 7. The average molecular weight is 214 g/mol. The molecule has 0 aliphatic rings. The first-order valence-corrected chi connectivity index (χ1v) is 4.98. The minimum absolute atomic E-state index is 0.470. The third-order valence-corrected chi connectivity index (χ3v) is 1.33. The van der Waals surface area contributed by atoms with Gasteiger partial charge >= 0.3 is 0 Å². The fourth-order valence-electron chi connectivity index (χ4n) is 0.677. The van der Waals surface area contributed by atoms with E-state index in [1.807, 2.05) is 13.8 Å². The van der Waals surface area contributed by atoms with E-state index in [1.54, 1.807) is 0 Å². The predicted octanol–water partition coefficient (Wildman–Crippen LogP) is 1.48. The Morgan fingerprint density at radius 1 is 0.933 bits per heavy atom. The molecule has 86 valence electrons. The van der Waals surface area contributed by atoms with Gasteiger partial charge < -0.3 is 4.74 Å². The Labute approximate surface area is 90.3 Å². The highest BCUT2D eigenvalue weighted by Gasteiger charge is 1.83. The van der Waals surface area contributed by atoms with Gasteiger partial charge in [-0.15, -0.1) is 0 Å². The molecule has 0 unspecified atom stereocenters. The molecule has 0 aliphatic heterocycles. The fourth-order valence-corrected chi connectivity index (χ4v) is 0.677. The highest BCUT2D eigenvalue weighted by atomic mass is 16.5. The van der Waals surface area contributed by atoms with Gasteiger partial charge in [0.15, 0.2) is 0 Å². The molecule has 0 aromatic carbocycles. The lowest BCUT2D eigenvalue weighted by Gasteiger charge is -1.87. The lowest BCUT2D eigenvalue weighted by Crippen LogP contribution is -1.84. The van der Waals surface area contributed by atoms with E-state index >= 15 is 0 Å². The lowest BCUT2D eigenvalue weighted by molar-refractivity contribution is 0.162.